The zero-order chi connectivity index (χ0) is 12.6. The van der Waals surface area contributed by atoms with Gasteiger partial charge in [0.2, 0.25) is 0 Å². The second-order valence-corrected chi connectivity index (χ2v) is 5.08. The Hall–Kier alpha value is -0.900. The van der Waals surface area contributed by atoms with Gasteiger partial charge in [0, 0.05) is 12.8 Å². The van der Waals surface area contributed by atoms with Gasteiger partial charge in [0.15, 0.2) is 5.79 Å². The van der Waals surface area contributed by atoms with E-state index in [-0.39, 0.29) is 10.8 Å². The van der Waals surface area contributed by atoms with Crippen LogP contribution >= 0.6 is 11.6 Å². The van der Waals surface area contributed by atoms with Crippen molar-refractivity contribution in [3.05, 3.63) is 40.7 Å². The highest BCUT2D eigenvalue weighted by atomic mass is 35.5. The van der Waals surface area contributed by atoms with Crippen molar-refractivity contribution in [2.75, 3.05) is 13.2 Å². The molecule has 1 saturated heterocycles. The lowest BCUT2D eigenvalue weighted by molar-refractivity contribution is -0.159. The predicted octanol–water partition coefficient (Wildman–Crippen LogP) is 3.79. The van der Waals surface area contributed by atoms with Crippen molar-refractivity contribution in [1.29, 1.82) is 0 Å². The SMILES string of the molecule is Fc1cc(C2=CCC3(CC2)OCCO3)ccc1Cl. The summed E-state index contributed by atoms with van der Waals surface area (Å²) >= 11 is 5.68. The number of ether oxygens (including phenoxy) is 2. The van der Waals surface area contributed by atoms with Gasteiger partial charge in [0.1, 0.15) is 5.82 Å². The molecule has 1 aliphatic carbocycles. The zero-order valence-corrected chi connectivity index (χ0v) is 10.7. The Kier molecular flexibility index (Phi) is 3.14. The summed E-state index contributed by atoms with van der Waals surface area (Å²) in [7, 11) is 0. The summed E-state index contributed by atoms with van der Waals surface area (Å²) < 4.78 is 24.7. The molecule has 0 saturated carbocycles. The Bertz CT molecular complexity index is 493. The second-order valence-electron chi connectivity index (χ2n) is 4.67. The summed E-state index contributed by atoms with van der Waals surface area (Å²) in [4.78, 5) is 0. The van der Waals surface area contributed by atoms with Crippen LogP contribution < -0.4 is 0 Å². The summed E-state index contributed by atoms with van der Waals surface area (Å²) in [5, 5.41) is 0.161. The van der Waals surface area contributed by atoms with Crippen LogP contribution in [-0.2, 0) is 9.47 Å². The van der Waals surface area contributed by atoms with Crippen LogP contribution in [0.3, 0.4) is 0 Å². The Morgan fingerprint density at radius 1 is 1.22 bits per heavy atom. The van der Waals surface area contributed by atoms with E-state index < -0.39 is 5.79 Å². The highest BCUT2D eigenvalue weighted by Crippen LogP contribution is 2.38. The van der Waals surface area contributed by atoms with E-state index in [9.17, 15) is 4.39 Å². The van der Waals surface area contributed by atoms with E-state index in [1.807, 2.05) is 6.07 Å². The molecular weight excluding hydrogens is 255 g/mol. The maximum atomic E-state index is 13.4. The molecule has 1 aromatic carbocycles. The molecular formula is C14H14ClFO2. The molecule has 3 rings (SSSR count). The third-order valence-corrected chi connectivity index (χ3v) is 3.85. The summed E-state index contributed by atoms with van der Waals surface area (Å²) in [6.07, 6.45) is 4.47. The van der Waals surface area contributed by atoms with Crippen LogP contribution in [0.1, 0.15) is 24.8 Å². The Balaban J connectivity index is 1.81. The number of allylic oxidation sites excluding steroid dienone is 1. The van der Waals surface area contributed by atoms with Crippen LogP contribution in [0.4, 0.5) is 4.39 Å². The van der Waals surface area contributed by atoms with Gasteiger partial charge in [-0.25, -0.2) is 4.39 Å². The topological polar surface area (TPSA) is 18.5 Å². The quantitative estimate of drug-likeness (QED) is 0.771. The van der Waals surface area contributed by atoms with E-state index in [1.165, 1.54) is 6.07 Å². The average molecular weight is 269 g/mol. The summed E-state index contributed by atoms with van der Waals surface area (Å²) in [6, 6.07) is 4.94. The van der Waals surface area contributed by atoms with Crippen molar-refractivity contribution >= 4 is 17.2 Å². The van der Waals surface area contributed by atoms with Gasteiger partial charge in [-0.2, -0.15) is 0 Å². The first-order valence-corrected chi connectivity index (χ1v) is 6.49. The normalized spacial score (nSPS) is 22.2. The van der Waals surface area contributed by atoms with Crippen molar-refractivity contribution in [3.8, 4) is 0 Å². The van der Waals surface area contributed by atoms with Crippen LogP contribution in [0.15, 0.2) is 24.3 Å². The highest BCUT2D eigenvalue weighted by Gasteiger charge is 2.37. The number of hydrogen-bond acceptors (Lipinski definition) is 2. The minimum atomic E-state index is -0.422. The second kappa shape index (κ2) is 4.65. The first kappa shape index (κ1) is 12.2. The van der Waals surface area contributed by atoms with Gasteiger partial charge in [-0.05, 0) is 29.7 Å². The molecule has 0 aromatic heterocycles. The van der Waals surface area contributed by atoms with Crippen molar-refractivity contribution in [3.63, 3.8) is 0 Å². The highest BCUT2D eigenvalue weighted by molar-refractivity contribution is 6.30. The Labute approximate surface area is 110 Å². The maximum absolute atomic E-state index is 13.4. The van der Waals surface area contributed by atoms with Gasteiger partial charge >= 0.3 is 0 Å². The molecule has 0 amide bonds. The van der Waals surface area contributed by atoms with Crippen molar-refractivity contribution in [2.24, 2.45) is 0 Å². The van der Waals surface area contributed by atoms with Crippen LogP contribution in [0.25, 0.3) is 5.57 Å². The van der Waals surface area contributed by atoms with E-state index in [0.29, 0.717) is 13.2 Å². The molecule has 0 bridgehead atoms. The van der Waals surface area contributed by atoms with Gasteiger partial charge in [0.25, 0.3) is 0 Å². The molecule has 1 fully saturated rings. The fourth-order valence-corrected chi connectivity index (χ4v) is 2.64. The number of benzene rings is 1. The lowest BCUT2D eigenvalue weighted by atomic mass is 9.90. The monoisotopic (exact) mass is 268 g/mol. The molecule has 1 aliphatic heterocycles. The van der Waals surface area contributed by atoms with Gasteiger partial charge in [-0.3, -0.25) is 0 Å². The van der Waals surface area contributed by atoms with E-state index >= 15 is 0 Å². The van der Waals surface area contributed by atoms with Crippen LogP contribution in [0, 0.1) is 5.82 Å². The molecule has 0 radical (unpaired) electrons. The van der Waals surface area contributed by atoms with E-state index in [1.54, 1.807) is 6.07 Å². The smallest absolute Gasteiger partial charge is 0.172 e. The molecule has 18 heavy (non-hydrogen) atoms. The number of rotatable bonds is 1. The molecule has 96 valence electrons. The Morgan fingerprint density at radius 3 is 2.61 bits per heavy atom. The van der Waals surface area contributed by atoms with Gasteiger partial charge < -0.3 is 9.47 Å². The summed E-state index contributed by atoms with van der Waals surface area (Å²) in [5.74, 6) is -0.794. The van der Waals surface area contributed by atoms with E-state index in [0.717, 1.165) is 30.4 Å². The van der Waals surface area contributed by atoms with Crippen molar-refractivity contribution in [2.45, 2.75) is 25.0 Å². The third kappa shape index (κ3) is 2.18. The minimum Gasteiger partial charge on any atom is -0.347 e. The largest absolute Gasteiger partial charge is 0.347 e. The molecule has 0 unspecified atom stereocenters. The van der Waals surface area contributed by atoms with Gasteiger partial charge in [-0.1, -0.05) is 23.7 Å². The first-order valence-electron chi connectivity index (χ1n) is 6.11. The molecule has 2 aliphatic rings. The average Bonchev–Trinajstić information content (AvgIpc) is 2.82. The van der Waals surface area contributed by atoms with Gasteiger partial charge in [0.05, 0.1) is 18.2 Å². The summed E-state index contributed by atoms with van der Waals surface area (Å²) in [6.45, 7) is 1.33. The van der Waals surface area contributed by atoms with Crippen LogP contribution in [0.2, 0.25) is 5.02 Å². The minimum absolute atomic E-state index is 0.161. The lowest BCUT2D eigenvalue weighted by Gasteiger charge is -2.30. The molecule has 1 heterocycles. The summed E-state index contributed by atoms with van der Waals surface area (Å²) in [5.41, 5.74) is 2.03. The van der Waals surface area contributed by atoms with E-state index in [2.05, 4.69) is 6.08 Å². The lowest BCUT2D eigenvalue weighted by Crippen LogP contribution is -2.31. The van der Waals surface area contributed by atoms with E-state index in [4.69, 9.17) is 21.1 Å². The molecule has 4 heteroatoms. The molecule has 1 aromatic rings. The maximum Gasteiger partial charge on any atom is 0.172 e. The predicted molar refractivity (Wildman–Crippen MR) is 67.9 cm³/mol. The zero-order valence-electron chi connectivity index (χ0n) is 9.92. The number of hydrogen-bond donors (Lipinski definition) is 0. The van der Waals surface area contributed by atoms with Crippen LogP contribution in [0.5, 0.6) is 0 Å². The Morgan fingerprint density at radius 2 is 2.00 bits per heavy atom. The molecule has 1 spiro atoms. The standard InChI is InChI=1S/C14H14ClFO2/c15-12-2-1-11(9-13(12)16)10-3-5-14(6-4-10)17-7-8-18-14/h1-3,9H,4-8H2. The van der Waals surface area contributed by atoms with Crippen molar-refractivity contribution in [1.82, 2.24) is 0 Å². The molecule has 2 nitrogen and oxygen atoms in total. The van der Waals surface area contributed by atoms with Crippen molar-refractivity contribution < 1.29 is 13.9 Å². The third-order valence-electron chi connectivity index (χ3n) is 3.54. The number of halogens is 2. The van der Waals surface area contributed by atoms with Crippen LogP contribution in [-0.4, -0.2) is 19.0 Å². The molecule has 0 atom stereocenters. The fourth-order valence-electron chi connectivity index (χ4n) is 2.53. The fraction of sp³-hybridized carbons (Fsp3) is 0.429. The first-order chi connectivity index (χ1) is 8.69. The molecule has 0 N–H and O–H groups in total. The van der Waals surface area contributed by atoms with Gasteiger partial charge in [-0.15, -0.1) is 0 Å².